The minimum absolute atomic E-state index is 0.150. The fourth-order valence-electron chi connectivity index (χ4n) is 5.48. The number of aliphatic hydroxyl groups excluding tert-OH is 2. The van der Waals surface area contributed by atoms with Crippen LogP contribution in [0.15, 0.2) is 42.5 Å². The number of phenols is 3. The summed E-state index contributed by atoms with van der Waals surface area (Å²) in [6.45, 7) is -0.448. The molecule has 2 aromatic rings. The Balaban J connectivity index is 1.45. The molecule has 0 bridgehead atoms. The number of benzene rings is 2. The molecule has 0 radical (unpaired) electrons. The van der Waals surface area contributed by atoms with Crippen molar-refractivity contribution in [2.75, 3.05) is 26.4 Å². The molecule has 8 N–H and O–H groups in total. The lowest BCUT2D eigenvalue weighted by Crippen LogP contribution is -2.60. The Morgan fingerprint density at radius 3 is 2.49 bits per heavy atom. The fraction of sp³-hybridized carbons (Fsp3) is 0.424. The summed E-state index contributed by atoms with van der Waals surface area (Å²) in [5, 5.41) is 60.4. The van der Waals surface area contributed by atoms with Crippen LogP contribution in [0.3, 0.4) is 0 Å². The van der Waals surface area contributed by atoms with Crippen molar-refractivity contribution >= 4 is 29.7 Å². The molecule has 14 nitrogen and oxygen atoms in total. The van der Waals surface area contributed by atoms with Gasteiger partial charge in [0.15, 0.2) is 40.2 Å². The highest BCUT2D eigenvalue weighted by atomic mass is 16.6. The lowest BCUT2D eigenvalue weighted by molar-refractivity contribution is -0.225. The summed E-state index contributed by atoms with van der Waals surface area (Å²) in [5.74, 6) is -3.29. The average molecular weight is 658 g/mol. The van der Waals surface area contributed by atoms with E-state index in [1.54, 1.807) is 6.07 Å². The first-order chi connectivity index (χ1) is 22.5. The van der Waals surface area contributed by atoms with Crippen LogP contribution < -0.4 is 10.5 Å². The number of ether oxygens (including phenoxy) is 4. The molecule has 0 aromatic heterocycles. The van der Waals surface area contributed by atoms with Gasteiger partial charge in [0.1, 0.15) is 25.4 Å². The SMILES string of the molecule is NCCOc1ccc(/C=C/C(=O)CO[C@@]2(C(=O)O)C[C@@H](O)[C@H]3OCCC[C@@H](C(=O)/C=C/c4cc(O)c(O)cc4CO)O[C@@H]3C2)cc1O. The van der Waals surface area contributed by atoms with Crippen LogP contribution in [0.2, 0.25) is 0 Å². The van der Waals surface area contributed by atoms with E-state index in [1.807, 2.05) is 0 Å². The Morgan fingerprint density at radius 1 is 1.02 bits per heavy atom. The number of aliphatic hydroxyl groups is 2. The summed E-state index contributed by atoms with van der Waals surface area (Å²) in [5.41, 5.74) is 4.40. The largest absolute Gasteiger partial charge is 0.504 e. The zero-order valence-corrected chi connectivity index (χ0v) is 25.5. The molecule has 2 aliphatic rings. The van der Waals surface area contributed by atoms with Crippen LogP contribution in [0, 0.1) is 0 Å². The second-order valence-corrected chi connectivity index (χ2v) is 11.3. The number of carbonyl (C=O) groups excluding carboxylic acids is 2. The van der Waals surface area contributed by atoms with Crippen molar-refractivity contribution in [3.05, 3.63) is 59.2 Å². The third kappa shape index (κ3) is 8.94. The number of hydrogen-bond acceptors (Lipinski definition) is 13. The minimum Gasteiger partial charge on any atom is -0.504 e. The number of aromatic hydroxyl groups is 3. The molecular weight excluding hydrogens is 618 g/mol. The van der Waals surface area contributed by atoms with E-state index < -0.39 is 78.7 Å². The third-order valence-corrected chi connectivity index (χ3v) is 7.93. The number of phenolic OH excluding ortho intramolecular Hbond substituents is 3. The van der Waals surface area contributed by atoms with Crippen LogP contribution in [0.4, 0.5) is 0 Å². The van der Waals surface area contributed by atoms with Gasteiger partial charge in [-0.1, -0.05) is 18.2 Å². The molecule has 254 valence electrons. The summed E-state index contributed by atoms with van der Waals surface area (Å²) >= 11 is 0. The molecule has 0 unspecified atom stereocenters. The van der Waals surface area contributed by atoms with Crippen LogP contribution in [0.5, 0.6) is 23.0 Å². The van der Waals surface area contributed by atoms with Crippen molar-refractivity contribution in [2.45, 2.75) is 62.3 Å². The minimum atomic E-state index is -2.03. The Kier molecular flexibility index (Phi) is 12.1. The lowest BCUT2D eigenvalue weighted by Gasteiger charge is -2.45. The number of carbonyl (C=O) groups is 3. The Hall–Kier alpha value is -4.31. The average Bonchev–Trinajstić information content (AvgIpc) is 3.03. The van der Waals surface area contributed by atoms with E-state index in [9.17, 15) is 45.0 Å². The molecule has 14 heteroatoms. The predicted octanol–water partition coefficient (Wildman–Crippen LogP) is 1.43. The normalized spacial score (nSPS) is 24.8. The number of carboxylic acids is 1. The number of rotatable bonds is 13. The quantitative estimate of drug-likeness (QED) is 0.119. The summed E-state index contributed by atoms with van der Waals surface area (Å²) in [6, 6.07) is 6.86. The Labute approximate surface area is 270 Å². The number of hydrogen-bond donors (Lipinski definition) is 7. The molecular formula is C33H39NO13. The van der Waals surface area contributed by atoms with Crippen molar-refractivity contribution in [3.8, 4) is 23.0 Å². The molecule has 1 heterocycles. The molecule has 1 saturated carbocycles. The van der Waals surface area contributed by atoms with Gasteiger partial charge in [-0.05, 0) is 65.9 Å². The highest BCUT2D eigenvalue weighted by Gasteiger charge is 2.53. The molecule has 2 aromatic carbocycles. The molecule has 47 heavy (non-hydrogen) atoms. The molecule has 4 rings (SSSR count). The van der Waals surface area contributed by atoms with E-state index in [4.69, 9.17) is 24.7 Å². The van der Waals surface area contributed by atoms with Crippen molar-refractivity contribution in [1.82, 2.24) is 0 Å². The van der Waals surface area contributed by atoms with E-state index in [1.165, 1.54) is 48.6 Å². The first kappa shape index (κ1) is 35.5. The monoisotopic (exact) mass is 657 g/mol. The van der Waals surface area contributed by atoms with E-state index in [2.05, 4.69) is 0 Å². The van der Waals surface area contributed by atoms with E-state index in [-0.39, 0.29) is 49.7 Å². The lowest BCUT2D eigenvalue weighted by atomic mass is 9.78. The van der Waals surface area contributed by atoms with Crippen molar-refractivity contribution in [1.29, 1.82) is 0 Å². The van der Waals surface area contributed by atoms with E-state index in [0.29, 0.717) is 17.5 Å². The summed E-state index contributed by atoms with van der Waals surface area (Å²) in [4.78, 5) is 38.4. The smallest absolute Gasteiger partial charge is 0.336 e. The molecule has 1 saturated heterocycles. The van der Waals surface area contributed by atoms with Gasteiger partial charge in [0.05, 0.1) is 18.8 Å². The number of fused-ring (bicyclic) bond motifs is 1. The maximum atomic E-state index is 13.2. The van der Waals surface area contributed by atoms with Gasteiger partial charge in [0.2, 0.25) is 0 Å². The number of carboxylic acid groups (broad SMARTS) is 1. The molecule has 0 spiro atoms. The van der Waals surface area contributed by atoms with Crippen molar-refractivity contribution in [2.24, 2.45) is 5.73 Å². The molecule has 5 atom stereocenters. The van der Waals surface area contributed by atoms with Crippen LogP contribution in [0.1, 0.15) is 42.4 Å². The highest BCUT2D eigenvalue weighted by Crippen LogP contribution is 2.38. The molecule has 0 amide bonds. The van der Waals surface area contributed by atoms with Crippen LogP contribution in [0.25, 0.3) is 12.2 Å². The molecule has 1 aliphatic heterocycles. The highest BCUT2D eigenvalue weighted by molar-refractivity contribution is 5.97. The summed E-state index contributed by atoms with van der Waals surface area (Å²) in [7, 11) is 0. The van der Waals surface area contributed by atoms with Crippen molar-refractivity contribution < 1.29 is 64.0 Å². The van der Waals surface area contributed by atoms with E-state index >= 15 is 0 Å². The van der Waals surface area contributed by atoms with Crippen molar-refractivity contribution in [3.63, 3.8) is 0 Å². The van der Waals surface area contributed by atoms with E-state index in [0.717, 1.165) is 0 Å². The number of aliphatic carboxylic acids is 1. The number of nitrogens with two attached hydrogens (primary N) is 1. The van der Waals surface area contributed by atoms with Gasteiger partial charge >= 0.3 is 5.97 Å². The second kappa shape index (κ2) is 16.0. The maximum absolute atomic E-state index is 13.2. The van der Waals surface area contributed by atoms with Gasteiger partial charge in [-0.3, -0.25) is 9.59 Å². The third-order valence-electron chi connectivity index (χ3n) is 7.93. The molecule has 2 fully saturated rings. The standard InChI is InChI=1S/C33H39NO13/c34-9-11-44-28-8-4-19(12-26(28)40)3-6-22(36)18-46-33(32(42)43)15-27(41)31-30(16-33)47-29(2-1-10-45-31)23(37)7-5-20-13-24(38)25(39)14-21(20)17-35/h3-8,12-14,27,29-31,35,38-41H,1-2,9-11,15-18,34H2,(H,42,43)/b6-3+,7-5+/t27-,29+,30-,31-,33+/m1/s1. The van der Waals surface area contributed by atoms with Crippen LogP contribution in [-0.4, -0.2) is 105 Å². The van der Waals surface area contributed by atoms with Gasteiger partial charge in [-0.15, -0.1) is 0 Å². The second-order valence-electron chi connectivity index (χ2n) is 11.3. The van der Waals surface area contributed by atoms with Crippen LogP contribution >= 0.6 is 0 Å². The first-order valence-electron chi connectivity index (χ1n) is 15.0. The van der Waals surface area contributed by atoms with Gasteiger partial charge in [0, 0.05) is 26.0 Å². The van der Waals surface area contributed by atoms with Gasteiger partial charge < -0.3 is 55.3 Å². The predicted molar refractivity (Wildman–Crippen MR) is 166 cm³/mol. The van der Waals surface area contributed by atoms with Gasteiger partial charge in [0.25, 0.3) is 0 Å². The summed E-state index contributed by atoms with van der Waals surface area (Å²) < 4.78 is 22.8. The topological polar surface area (TPSA) is 236 Å². The van der Waals surface area contributed by atoms with Gasteiger partial charge in [-0.25, -0.2) is 4.79 Å². The van der Waals surface area contributed by atoms with Gasteiger partial charge in [-0.2, -0.15) is 0 Å². The Bertz CT molecular complexity index is 1510. The molecule has 1 aliphatic carbocycles. The summed E-state index contributed by atoms with van der Waals surface area (Å²) in [6.07, 6.45) is 0.591. The fourth-order valence-corrected chi connectivity index (χ4v) is 5.48. The zero-order valence-electron chi connectivity index (χ0n) is 25.5. The van der Waals surface area contributed by atoms with Crippen LogP contribution in [-0.2, 0) is 35.2 Å². The maximum Gasteiger partial charge on any atom is 0.336 e. The first-order valence-corrected chi connectivity index (χ1v) is 15.0. The Morgan fingerprint density at radius 2 is 1.79 bits per heavy atom. The number of ketones is 2. The zero-order chi connectivity index (χ0) is 34.1.